The Morgan fingerprint density at radius 1 is 1.11 bits per heavy atom. The zero-order chi connectivity index (χ0) is 33.7. The number of hydrogen-bond donors (Lipinski definition) is 1. The van der Waals surface area contributed by atoms with Crippen molar-refractivity contribution in [2.75, 3.05) is 59.1 Å². The molecule has 0 aromatic heterocycles. The predicted molar refractivity (Wildman–Crippen MR) is 180 cm³/mol. The number of likely N-dealkylation sites (N-methyl/N-ethyl adjacent to an activating group) is 1. The van der Waals surface area contributed by atoms with E-state index in [-0.39, 0.29) is 42.7 Å². The fourth-order valence-corrected chi connectivity index (χ4v) is 7.90. The summed E-state index contributed by atoms with van der Waals surface area (Å²) in [7, 11) is 5.80. The highest BCUT2D eigenvalue weighted by Crippen LogP contribution is 2.33. The summed E-state index contributed by atoms with van der Waals surface area (Å²) >= 11 is 6.59. The summed E-state index contributed by atoms with van der Waals surface area (Å²) < 4.78 is 53.9. The zero-order valence-corrected chi connectivity index (χ0v) is 29.9. The zero-order valence-electron chi connectivity index (χ0n) is 28.3. The summed E-state index contributed by atoms with van der Waals surface area (Å²) in [5, 5.41) is 10.9. The van der Waals surface area contributed by atoms with Crippen molar-refractivity contribution < 1.29 is 27.4 Å². The first-order valence-corrected chi connectivity index (χ1v) is 17.4. The number of halogens is 2. The largest absolute Gasteiger partial charge is 0.494 e. The van der Waals surface area contributed by atoms with Crippen LogP contribution in [0, 0.1) is 11.2 Å². The lowest BCUT2D eigenvalue weighted by Gasteiger charge is -2.38. The van der Waals surface area contributed by atoms with Crippen LogP contribution in [0.15, 0.2) is 30.3 Å². The Labute approximate surface area is 274 Å². The summed E-state index contributed by atoms with van der Waals surface area (Å²) in [6, 6.07) is 8.63. The van der Waals surface area contributed by atoms with Crippen molar-refractivity contribution in [2.45, 2.75) is 78.5 Å². The van der Waals surface area contributed by atoms with Gasteiger partial charge in [-0.25, -0.2) is 12.8 Å². The quantitative estimate of drug-likeness (QED) is 0.260. The Morgan fingerprint density at radius 2 is 1.78 bits per heavy atom. The van der Waals surface area contributed by atoms with Crippen LogP contribution in [-0.4, -0.2) is 100 Å². The Kier molecular flexibility index (Phi) is 13.1. The van der Waals surface area contributed by atoms with Crippen LogP contribution in [0.4, 0.5) is 10.1 Å². The van der Waals surface area contributed by atoms with Crippen LogP contribution in [-0.2, 0) is 34.4 Å². The van der Waals surface area contributed by atoms with Crippen molar-refractivity contribution in [1.29, 1.82) is 0 Å². The van der Waals surface area contributed by atoms with Crippen LogP contribution >= 0.6 is 11.6 Å². The van der Waals surface area contributed by atoms with Gasteiger partial charge in [0.2, 0.25) is 10.0 Å². The lowest BCUT2D eigenvalue weighted by molar-refractivity contribution is -0.127. The number of benzene rings is 2. The van der Waals surface area contributed by atoms with Crippen molar-refractivity contribution in [3.63, 3.8) is 0 Å². The molecule has 2 aromatic rings. The summed E-state index contributed by atoms with van der Waals surface area (Å²) in [6.07, 6.45) is -0.0629. The van der Waals surface area contributed by atoms with Gasteiger partial charge in [-0.3, -0.25) is 4.90 Å². The third-order valence-corrected chi connectivity index (χ3v) is 10.2. The second-order valence-corrected chi connectivity index (χ2v) is 16.0. The third-order valence-electron chi connectivity index (χ3n) is 8.02. The van der Waals surface area contributed by atoms with E-state index in [9.17, 15) is 13.5 Å². The van der Waals surface area contributed by atoms with Gasteiger partial charge in [0.05, 0.1) is 18.9 Å². The van der Waals surface area contributed by atoms with Gasteiger partial charge in [-0.2, -0.15) is 4.31 Å². The monoisotopic (exact) mass is 670 g/mol. The number of sulfonamides is 1. The second-order valence-electron chi connectivity index (χ2n) is 13.6. The predicted octanol–water partition coefficient (Wildman–Crippen LogP) is 5.18. The molecule has 1 heterocycles. The summed E-state index contributed by atoms with van der Waals surface area (Å²) in [4.78, 5) is 6.37. The minimum absolute atomic E-state index is 0.00713. The Morgan fingerprint density at radius 3 is 2.36 bits per heavy atom. The molecule has 0 saturated carbocycles. The van der Waals surface area contributed by atoms with Crippen molar-refractivity contribution in [2.24, 2.45) is 5.41 Å². The van der Waals surface area contributed by atoms with Crippen molar-refractivity contribution >= 4 is 27.3 Å². The second kappa shape index (κ2) is 15.7. The van der Waals surface area contributed by atoms with E-state index in [1.165, 1.54) is 17.5 Å². The summed E-state index contributed by atoms with van der Waals surface area (Å²) in [6.45, 7) is 10.2. The molecule has 0 amide bonds. The molecule has 0 spiro atoms. The molecular weight excluding hydrogens is 619 g/mol. The van der Waals surface area contributed by atoms with Crippen molar-refractivity contribution in [3.05, 3.63) is 57.9 Å². The van der Waals surface area contributed by atoms with Crippen LogP contribution in [0.2, 0.25) is 5.02 Å². The SMILES string of the molecule is CCOC(O)C1CCS(=O)(=O)N1Cc1cc(CN(Cc2c(Cl)ccc(OC)c2F)C(CN(C)C)CC(C)(C)C)cc(N(C)C)c1. The molecule has 0 aliphatic carbocycles. The number of aliphatic hydroxyl groups is 1. The molecule has 9 nitrogen and oxygen atoms in total. The van der Waals surface area contributed by atoms with Gasteiger partial charge >= 0.3 is 0 Å². The van der Waals surface area contributed by atoms with E-state index in [0.29, 0.717) is 23.6 Å². The molecule has 45 heavy (non-hydrogen) atoms. The number of nitrogens with zero attached hydrogens (tertiary/aromatic N) is 4. The number of methoxy groups -OCH3 is 1. The van der Waals surface area contributed by atoms with Crippen molar-refractivity contribution in [1.82, 2.24) is 14.1 Å². The van der Waals surface area contributed by atoms with Gasteiger partial charge in [0.1, 0.15) is 0 Å². The van der Waals surface area contributed by atoms with Gasteiger partial charge < -0.3 is 24.4 Å². The molecule has 1 saturated heterocycles. The molecule has 254 valence electrons. The topological polar surface area (TPSA) is 85.8 Å². The summed E-state index contributed by atoms with van der Waals surface area (Å²) in [5.74, 6) is -0.376. The van der Waals surface area contributed by atoms with Gasteiger partial charge in [0, 0.05) is 69.2 Å². The van der Waals surface area contributed by atoms with Crippen molar-refractivity contribution in [3.8, 4) is 5.75 Å². The fourth-order valence-electron chi connectivity index (χ4n) is 5.95. The molecule has 1 aliphatic rings. The number of aliphatic hydroxyl groups excluding tert-OH is 1. The maximum atomic E-state index is 15.6. The van der Waals surface area contributed by atoms with Gasteiger partial charge in [-0.15, -0.1) is 0 Å². The van der Waals surface area contributed by atoms with E-state index < -0.39 is 28.2 Å². The molecule has 0 radical (unpaired) electrons. The van der Waals surface area contributed by atoms with Crippen LogP contribution in [0.5, 0.6) is 5.75 Å². The van der Waals surface area contributed by atoms with Gasteiger partial charge in [0.25, 0.3) is 0 Å². The average molecular weight is 671 g/mol. The molecule has 1 aliphatic heterocycles. The van der Waals surface area contributed by atoms with E-state index in [4.69, 9.17) is 21.1 Å². The minimum atomic E-state index is -3.58. The molecule has 0 bridgehead atoms. The first-order chi connectivity index (χ1) is 20.9. The molecule has 1 fully saturated rings. The summed E-state index contributed by atoms with van der Waals surface area (Å²) in [5.41, 5.74) is 3.01. The highest BCUT2D eigenvalue weighted by molar-refractivity contribution is 7.89. The van der Waals surface area contributed by atoms with E-state index in [1.54, 1.807) is 13.0 Å². The number of ether oxygens (including phenoxy) is 2. The lowest BCUT2D eigenvalue weighted by atomic mass is 9.87. The minimum Gasteiger partial charge on any atom is -0.494 e. The van der Waals surface area contributed by atoms with Crippen LogP contribution in [0.1, 0.15) is 57.2 Å². The normalized spacial score (nSPS) is 18.5. The number of anilines is 1. The highest BCUT2D eigenvalue weighted by atomic mass is 35.5. The lowest BCUT2D eigenvalue weighted by Crippen LogP contribution is -2.43. The highest BCUT2D eigenvalue weighted by Gasteiger charge is 2.41. The first-order valence-electron chi connectivity index (χ1n) is 15.4. The van der Waals surface area contributed by atoms with Gasteiger partial charge in [-0.1, -0.05) is 38.4 Å². The maximum Gasteiger partial charge on any atom is 0.214 e. The Hall–Kier alpha value is -1.99. The number of rotatable bonds is 15. The molecule has 12 heteroatoms. The molecule has 3 rings (SSSR count). The molecular formula is C33H52ClFN4O5S. The fraction of sp³-hybridized carbons (Fsp3) is 0.636. The standard InChI is InChI=1S/C33H52ClFN4O5S/c1-10-44-32(40)29-13-14-45(41,42)39(29)20-24-15-23(16-25(17-24)37(7)8)19-38(26(21-36(5)6)18-33(2,3)4)22-27-28(34)11-12-30(43-9)31(27)35/h11-12,15-17,26,29,32,40H,10,13-14,18-22H2,1-9H3. The third kappa shape index (κ3) is 10.2. The Balaban J connectivity index is 2.09. The van der Waals surface area contributed by atoms with E-state index >= 15 is 4.39 Å². The van der Waals surface area contributed by atoms with Crippen LogP contribution < -0.4 is 9.64 Å². The van der Waals surface area contributed by atoms with Crippen LogP contribution in [0.3, 0.4) is 0 Å². The van der Waals surface area contributed by atoms with E-state index in [1.807, 2.05) is 45.2 Å². The molecule has 1 N–H and O–H groups in total. The smallest absolute Gasteiger partial charge is 0.214 e. The molecule has 2 aromatic carbocycles. The Bertz CT molecular complexity index is 1390. The van der Waals surface area contributed by atoms with Gasteiger partial charge in [0.15, 0.2) is 17.9 Å². The molecule has 3 unspecified atom stereocenters. The maximum absolute atomic E-state index is 15.6. The average Bonchev–Trinajstić information content (AvgIpc) is 3.22. The van der Waals surface area contributed by atoms with E-state index in [0.717, 1.165) is 29.8 Å². The first kappa shape index (κ1) is 37.5. The van der Waals surface area contributed by atoms with Gasteiger partial charge in [-0.05, 0) is 74.7 Å². The van der Waals surface area contributed by atoms with E-state index in [2.05, 4.69) is 36.6 Å². The molecule has 3 atom stereocenters. The number of hydrogen-bond acceptors (Lipinski definition) is 8. The van der Waals surface area contributed by atoms with Crippen LogP contribution in [0.25, 0.3) is 0 Å².